The third-order valence-corrected chi connectivity index (χ3v) is 4.90. The lowest BCUT2D eigenvalue weighted by molar-refractivity contribution is 0.0902. The van der Waals surface area contributed by atoms with E-state index in [2.05, 4.69) is 40.7 Å². The van der Waals surface area contributed by atoms with Gasteiger partial charge in [-0.25, -0.2) is 0 Å². The van der Waals surface area contributed by atoms with Gasteiger partial charge in [-0.05, 0) is 47.0 Å². The Hall–Kier alpha value is -0.130. The Kier molecular flexibility index (Phi) is 8.07. The summed E-state index contributed by atoms with van der Waals surface area (Å²) in [5.74, 6) is 0. The van der Waals surface area contributed by atoms with Crippen LogP contribution in [-0.4, -0.2) is 37.7 Å². The molecule has 2 unspecified atom stereocenters. The third kappa shape index (κ3) is 4.71. The zero-order chi connectivity index (χ0) is 15.1. The zero-order valence-corrected chi connectivity index (χ0v) is 14.7. The van der Waals surface area contributed by atoms with Gasteiger partial charge in [0.05, 0.1) is 11.6 Å². The first-order valence-corrected chi connectivity index (χ1v) is 8.11. The Morgan fingerprint density at radius 3 is 2.65 bits per heavy atom. The summed E-state index contributed by atoms with van der Waals surface area (Å²) in [4.78, 5) is 2.39. The number of halogens is 2. The number of benzene rings is 1. The predicted molar refractivity (Wildman–Crippen MR) is 89.3 cm³/mol. The van der Waals surface area contributed by atoms with Crippen molar-refractivity contribution in [1.29, 1.82) is 0 Å². The quantitative estimate of drug-likeness (QED) is 0.762. The highest BCUT2D eigenvalue weighted by Crippen LogP contribution is 2.29. The average molecular weight is 364 g/mol. The highest BCUT2D eigenvalue weighted by atomic mass is 79.9. The van der Waals surface area contributed by atoms with Crippen LogP contribution in [0.25, 0.3) is 0 Å². The van der Waals surface area contributed by atoms with Crippen LogP contribution in [0.2, 0.25) is 5.02 Å². The Morgan fingerprint density at radius 2 is 2.15 bits per heavy atom. The van der Waals surface area contributed by atoms with Gasteiger partial charge in [-0.2, -0.15) is 0 Å². The van der Waals surface area contributed by atoms with Crippen LogP contribution in [0.1, 0.15) is 31.9 Å². The van der Waals surface area contributed by atoms with Crippen LogP contribution in [0.5, 0.6) is 0 Å². The minimum absolute atomic E-state index is 0.158. The number of ether oxygens (including phenoxy) is 1. The molecule has 114 valence electrons. The maximum atomic E-state index is 6.21. The molecule has 0 saturated carbocycles. The van der Waals surface area contributed by atoms with E-state index in [1.54, 1.807) is 7.11 Å². The summed E-state index contributed by atoms with van der Waals surface area (Å²) >= 11 is 9.63. The van der Waals surface area contributed by atoms with Crippen LogP contribution >= 0.6 is 27.5 Å². The fraction of sp³-hybridized carbons (Fsp3) is 0.600. The molecular formula is C15H24BrClN2O. The van der Waals surface area contributed by atoms with Crippen molar-refractivity contribution < 1.29 is 4.74 Å². The lowest BCUT2D eigenvalue weighted by Crippen LogP contribution is -2.41. The lowest BCUT2D eigenvalue weighted by atomic mass is 10.0. The third-order valence-electron chi connectivity index (χ3n) is 3.66. The molecule has 0 fully saturated rings. The van der Waals surface area contributed by atoms with Crippen LogP contribution < -0.4 is 5.73 Å². The first-order valence-electron chi connectivity index (χ1n) is 6.94. The number of hydrogen-bond donors (Lipinski definition) is 1. The van der Waals surface area contributed by atoms with Gasteiger partial charge in [-0.1, -0.05) is 24.6 Å². The van der Waals surface area contributed by atoms with E-state index >= 15 is 0 Å². The van der Waals surface area contributed by atoms with Crippen molar-refractivity contribution >= 4 is 27.5 Å². The van der Waals surface area contributed by atoms with E-state index in [4.69, 9.17) is 22.1 Å². The zero-order valence-electron chi connectivity index (χ0n) is 12.4. The van der Waals surface area contributed by atoms with E-state index in [-0.39, 0.29) is 6.04 Å². The van der Waals surface area contributed by atoms with E-state index in [1.165, 1.54) is 0 Å². The first-order chi connectivity index (χ1) is 9.54. The molecule has 2 atom stereocenters. The fourth-order valence-electron chi connectivity index (χ4n) is 2.30. The largest absolute Gasteiger partial charge is 0.383 e. The van der Waals surface area contributed by atoms with Gasteiger partial charge in [0.2, 0.25) is 0 Å². The number of methoxy groups -OCH3 is 1. The highest BCUT2D eigenvalue weighted by Gasteiger charge is 2.23. The molecule has 2 N–H and O–H groups in total. The summed E-state index contributed by atoms with van der Waals surface area (Å²) in [5.41, 5.74) is 7.17. The molecule has 20 heavy (non-hydrogen) atoms. The Labute approximate surface area is 135 Å². The topological polar surface area (TPSA) is 38.5 Å². The van der Waals surface area contributed by atoms with Gasteiger partial charge in [-0.15, -0.1) is 0 Å². The molecule has 0 amide bonds. The molecule has 0 aliphatic heterocycles. The molecule has 0 aliphatic rings. The van der Waals surface area contributed by atoms with Crippen LogP contribution in [-0.2, 0) is 4.74 Å². The molecule has 0 spiro atoms. The fourth-order valence-corrected chi connectivity index (χ4v) is 2.73. The molecular weight excluding hydrogens is 340 g/mol. The Bertz CT molecular complexity index is 417. The van der Waals surface area contributed by atoms with E-state index < -0.39 is 0 Å². The van der Waals surface area contributed by atoms with Gasteiger partial charge in [0.15, 0.2) is 0 Å². The summed E-state index contributed by atoms with van der Waals surface area (Å²) in [6.45, 7) is 6.53. The standard InChI is InChI=1S/C15H24BrClN2O/c1-4-11(2)19(7-8-20-3)15(10-18)12-5-6-13(16)14(17)9-12/h5-6,9,11,15H,4,7-8,10,18H2,1-3H3. The Balaban J connectivity index is 3.01. The van der Waals surface area contributed by atoms with Gasteiger partial charge >= 0.3 is 0 Å². The molecule has 5 heteroatoms. The van der Waals surface area contributed by atoms with Crippen molar-refractivity contribution in [2.24, 2.45) is 5.73 Å². The molecule has 1 aromatic rings. The van der Waals surface area contributed by atoms with Crippen LogP contribution in [0.4, 0.5) is 0 Å². The second kappa shape index (κ2) is 9.00. The second-order valence-corrected chi connectivity index (χ2v) is 6.17. The number of nitrogens with two attached hydrogens (primary N) is 1. The summed E-state index contributed by atoms with van der Waals surface area (Å²) in [6, 6.07) is 6.65. The predicted octanol–water partition coefficient (Wildman–Crippen LogP) is 3.85. The minimum Gasteiger partial charge on any atom is -0.383 e. The van der Waals surface area contributed by atoms with E-state index in [9.17, 15) is 0 Å². The summed E-state index contributed by atoms with van der Waals surface area (Å²) in [6.07, 6.45) is 1.07. The van der Waals surface area contributed by atoms with Crippen LogP contribution in [0.15, 0.2) is 22.7 Å². The monoisotopic (exact) mass is 362 g/mol. The molecule has 0 aromatic heterocycles. The van der Waals surface area contributed by atoms with Gasteiger partial charge < -0.3 is 10.5 Å². The van der Waals surface area contributed by atoms with Crippen molar-refractivity contribution in [1.82, 2.24) is 4.90 Å². The van der Waals surface area contributed by atoms with Gasteiger partial charge in [-0.3, -0.25) is 4.90 Å². The molecule has 1 rings (SSSR count). The van der Waals surface area contributed by atoms with Crippen LogP contribution in [0, 0.1) is 0 Å². The first kappa shape index (κ1) is 17.9. The maximum Gasteiger partial charge on any atom is 0.0590 e. The average Bonchev–Trinajstić information content (AvgIpc) is 2.46. The molecule has 3 nitrogen and oxygen atoms in total. The lowest BCUT2D eigenvalue weighted by Gasteiger charge is -2.36. The summed E-state index contributed by atoms with van der Waals surface area (Å²) in [5, 5.41) is 0.719. The summed E-state index contributed by atoms with van der Waals surface area (Å²) in [7, 11) is 1.72. The minimum atomic E-state index is 0.158. The molecule has 1 aromatic carbocycles. The highest BCUT2D eigenvalue weighted by molar-refractivity contribution is 9.10. The molecule has 0 heterocycles. The van der Waals surface area contributed by atoms with Crippen molar-refractivity contribution in [2.45, 2.75) is 32.4 Å². The van der Waals surface area contributed by atoms with Crippen molar-refractivity contribution in [2.75, 3.05) is 26.8 Å². The van der Waals surface area contributed by atoms with Gasteiger partial charge in [0.25, 0.3) is 0 Å². The number of hydrogen-bond acceptors (Lipinski definition) is 3. The van der Waals surface area contributed by atoms with Crippen molar-refractivity contribution in [3.05, 3.63) is 33.3 Å². The normalized spacial score (nSPS) is 14.6. The van der Waals surface area contributed by atoms with E-state index in [0.717, 1.165) is 28.0 Å². The number of nitrogens with zero attached hydrogens (tertiary/aromatic N) is 1. The molecule has 0 saturated heterocycles. The summed E-state index contributed by atoms with van der Waals surface area (Å²) < 4.78 is 6.13. The van der Waals surface area contributed by atoms with Gasteiger partial charge in [0.1, 0.15) is 0 Å². The number of rotatable bonds is 8. The van der Waals surface area contributed by atoms with Crippen molar-refractivity contribution in [3.8, 4) is 0 Å². The van der Waals surface area contributed by atoms with Gasteiger partial charge in [0, 0.05) is 36.8 Å². The van der Waals surface area contributed by atoms with E-state index in [0.29, 0.717) is 19.2 Å². The SMILES string of the molecule is CCC(C)N(CCOC)C(CN)c1ccc(Br)c(Cl)c1. The maximum absolute atomic E-state index is 6.21. The second-order valence-electron chi connectivity index (χ2n) is 4.91. The smallest absolute Gasteiger partial charge is 0.0590 e. The molecule has 0 bridgehead atoms. The molecule has 0 radical (unpaired) electrons. The Morgan fingerprint density at radius 1 is 1.45 bits per heavy atom. The van der Waals surface area contributed by atoms with E-state index in [1.807, 2.05) is 12.1 Å². The van der Waals surface area contributed by atoms with Crippen LogP contribution in [0.3, 0.4) is 0 Å². The molecule has 0 aliphatic carbocycles. The van der Waals surface area contributed by atoms with Crippen molar-refractivity contribution in [3.63, 3.8) is 0 Å².